The molecule has 1 rings (SSSR count). The molecular formula is C19H36N2. The Morgan fingerprint density at radius 3 is 2.38 bits per heavy atom. The van der Waals surface area contributed by atoms with Gasteiger partial charge in [-0.25, -0.2) is 0 Å². The maximum absolute atomic E-state index is 3.28. The molecule has 2 nitrogen and oxygen atoms in total. The SMILES string of the molecule is CCC(C)CN1CC(CC)(CCN(C)CC#CC(C)C)C1. The molecule has 122 valence electrons. The second kappa shape index (κ2) is 8.81. The van der Waals surface area contributed by atoms with Crippen molar-refractivity contribution in [1.29, 1.82) is 0 Å². The molecule has 0 aromatic heterocycles. The van der Waals surface area contributed by atoms with Crippen molar-refractivity contribution < 1.29 is 0 Å². The second-order valence-electron chi connectivity index (χ2n) is 7.50. The van der Waals surface area contributed by atoms with Crippen LogP contribution in [0.4, 0.5) is 0 Å². The molecule has 21 heavy (non-hydrogen) atoms. The van der Waals surface area contributed by atoms with E-state index in [0.717, 1.165) is 12.5 Å². The Kier molecular flexibility index (Phi) is 7.77. The Hall–Kier alpha value is -0.520. The fourth-order valence-corrected chi connectivity index (χ4v) is 3.05. The van der Waals surface area contributed by atoms with Crippen molar-refractivity contribution in [3.05, 3.63) is 0 Å². The summed E-state index contributed by atoms with van der Waals surface area (Å²) in [7, 11) is 2.20. The minimum absolute atomic E-state index is 0.487. The maximum atomic E-state index is 3.28. The summed E-state index contributed by atoms with van der Waals surface area (Å²) in [4.78, 5) is 5.03. The Balaban J connectivity index is 2.28. The molecule has 1 fully saturated rings. The van der Waals surface area contributed by atoms with E-state index in [1.165, 1.54) is 45.4 Å². The summed E-state index contributed by atoms with van der Waals surface area (Å²) in [5, 5.41) is 0. The molecule has 2 heteroatoms. The van der Waals surface area contributed by atoms with Crippen LogP contribution in [0, 0.1) is 29.1 Å². The molecule has 0 saturated carbocycles. The molecule has 1 aliphatic heterocycles. The summed E-state index contributed by atoms with van der Waals surface area (Å²) in [6.07, 6.45) is 3.93. The topological polar surface area (TPSA) is 6.48 Å². The third-order valence-electron chi connectivity index (χ3n) is 4.90. The van der Waals surface area contributed by atoms with E-state index < -0.39 is 0 Å². The number of rotatable bonds is 8. The van der Waals surface area contributed by atoms with Crippen LogP contribution in [0.15, 0.2) is 0 Å². The van der Waals surface area contributed by atoms with E-state index in [2.05, 4.69) is 63.3 Å². The summed E-state index contributed by atoms with van der Waals surface area (Å²) in [5.74, 6) is 7.86. The van der Waals surface area contributed by atoms with Crippen molar-refractivity contribution >= 4 is 0 Å². The molecule has 0 bridgehead atoms. The number of hydrogen-bond donors (Lipinski definition) is 0. The van der Waals surface area contributed by atoms with E-state index in [0.29, 0.717) is 11.3 Å². The van der Waals surface area contributed by atoms with Crippen molar-refractivity contribution in [3.8, 4) is 11.8 Å². The molecule has 0 aromatic carbocycles. The molecule has 0 radical (unpaired) electrons. The van der Waals surface area contributed by atoms with Gasteiger partial charge in [0.1, 0.15) is 0 Å². The van der Waals surface area contributed by atoms with Gasteiger partial charge in [0, 0.05) is 25.6 Å². The second-order valence-corrected chi connectivity index (χ2v) is 7.50. The zero-order chi connectivity index (χ0) is 15.9. The van der Waals surface area contributed by atoms with E-state index in [1.54, 1.807) is 0 Å². The Morgan fingerprint density at radius 1 is 1.19 bits per heavy atom. The summed E-state index contributed by atoms with van der Waals surface area (Å²) in [6.45, 7) is 17.3. The van der Waals surface area contributed by atoms with Crippen LogP contribution >= 0.6 is 0 Å². The fraction of sp³-hybridized carbons (Fsp3) is 0.895. The van der Waals surface area contributed by atoms with Gasteiger partial charge in [0.15, 0.2) is 0 Å². The largest absolute Gasteiger partial charge is 0.302 e. The normalized spacial score (nSPS) is 19.2. The first kappa shape index (κ1) is 18.5. The lowest BCUT2D eigenvalue weighted by atomic mass is 9.74. The van der Waals surface area contributed by atoms with Crippen LogP contribution in [-0.2, 0) is 0 Å². The monoisotopic (exact) mass is 292 g/mol. The summed E-state index contributed by atoms with van der Waals surface area (Å²) < 4.78 is 0. The summed E-state index contributed by atoms with van der Waals surface area (Å²) in [5.41, 5.74) is 0.577. The number of likely N-dealkylation sites (tertiary alicyclic amines) is 1. The van der Waals surface area contributed by atoms with Crippen LogP contribution in [0.5, 0.6) is 0 Å². The lowest BCUT2D eigenvalue weighted by Crippen LogP contribution is -2.57. The highest BCUT2D eigenvalue weighted by atomic mass is 15.2. The molecule has 0 aliphatic carbocycles. The smallest absolute Gasteiger partial charge is 0.0599 e. The maximum Gasteiger partial charge on any atom is 0.0599 e. The fourth-order valence-electron chi connectivity index (χ4n) is 3.05. The van der Waals surface area contributed by atoms with Crippen LogP contribution in [0.3, 0.4) is 0 Å². The Morgan fingerprint density at radius 2 is 1.86 bits per heavy atom. The van der Waals surface area contributed by atoms with E-state index in [1.807, 2.05) is 0 Å². The minimum Gasteiger partial charge on any atom is -0.302 e. The predicted molar refractivity (Wildman–Crippen MR) is 93.3 cm³/mol. The van der Waals surface area contributed by atoms with Crippen LogP contribution < -0.4 is 0 Å². The predicted octanol–water partition coefficient (Wildman–Crippen LogP) is 3.73. The van der Waals surface area contributed by atoms with Gasteiger partial charge in [-0.2, -0.15) is 0 Å². The molecule has 0 amide bonds. The number of hydrogen-bond acceptors (Lipinski definition) is 2. The quantitative estimate of drug-likeness (QED) is 0.629. The molecule has 1 atom stereocenters. The molecule has 0 N–H and O–H groups in total. The molecule has 1 aliphatic rings. The van der Waals surface area contributed by atoms with E-state index in [-0.39, 0.29) is 0 Å². The molecule has 0 spiro atoms. The van der Waals surface area contributed by atoms with Gasteiger partial charge in [-0.1, -0.05) is 52.9 Å². The van der Waals surface area contributed by atoms with Crippen LogP contribution in [0.1, 0.15) is 53.9 Å². The third-order valence-corrected chi connectivity index (χ3v) is 4.90. The highest BCUT2D eigenvalue weighted by molar-refractivity contribution is 5.03. The standard InChI is InChI=1S/C19H36N2/c1-7-18(5)14-21-15-19(8-2,16-21)11-13-20(6)12-9-10-17(3)4/h17-18H,7-8,11-16H2,1-6H3. The minimum atomic E-state index is 0.487. The van der Waals surface area contributed by atoms with E-state index >= 15 is 0 Å². The molecule has 1 saturated heterocycles. The van der Waals surface area contributed by atoms with Gasteiger partial charge < -0.3 is 4.90 Å². The van der Waals surface area contributed by atoms with Gasteiger partial charge in [-0.3, -0.25) is 4.90 Å². The lowest BCUT2D eigenvalue weighted by molar-refractivity contribution is -0.0225. The highest BCUT2D eigenvalue weighted by Gasteiger charge is 2.40. The van der Waals surface area contributed by atoms with Gasteiger partial charge in [0.05, 0.1) is 6.54 Å². The molecule has 1 heterocycles. The zero-order valence-corrected chi connectivity index (χ0v) is 15.2. The van der Waals surface area contributed by atoms with E-state index in [9.17, 15) is 0 Å². The van der Waals surface area contributed by atoms with Gasteiger partial charge in [-0.05, 0) is 37.8 Å². The van der Waals surface area contributed by atoms with Gasteiger partial charge in [0.2, 0.25) is 0 Å². The summed E-state index contributed by atoms with van der Waals surface area (Å²) in [6, 6.07) is 0. The highest BCUT2D eigenvalue weighted by Crippen LogP contribution is 2.37. The first-order valence-corrected chi connectivity index (χ1v) is 8.80. The van der Waals surface area contributed by atoms with Crippen molar-refractivity contribution in [1.82, 2.24) is 9.80 Å². The third kappa shape index (κ3) is 6.41. The van der Waals surface area contributed by atoms with Gasteiger partial charge in [-0.15, -0.1) is 0 Å². The van der Waals surface area contributed by atoms with Crippen LogP contribution in [0.25, 0.3) is 0 Å². The molecule has 0 aromatic rings. The van der Waals surface area contributed by atoms with E-state index in [4.69, 9.17) is 0 Å². The van der Waals surface area contributed by atoms with Crippen molar-refractivity contribution in [2.75, 3.05) is 39.8 Å². The first-order chi connectivity index (χ1) is 9.90. The average molecular weight is 293 g/mol. The first-order valence-electron chi connectivity index (χ1n) is 8.80. The Labute approximate surface area is 133 Å². The number of nitrogens with zero attached hydrogens (tertiary/aromatic N) is 2. The van der Waals surface area contributed by atoms with Crippen LogP contribution in [0.2, 0.25) is 0 Å². The van der Waals surface area contributed by atoms with Crippen molar-refractivity contribution in [2.24, 2.45) is 17.3 Å². The molecular weight excluding hydrogens is 256 g/mol. The Bertz CT molecular complexity index is 344. The van der Waals surface area contributed by atoms with Gasteiger partial charge in [0.25, 0.3) is 0 Å². The zero-order valence-electron chi connectivity index (χ0n) is 15.2. The van der Waals surface area contributed by atoms with Crippen LogP contribution in [-0.4, -0.2) is 49.6 Å². The van der Waals surface area contributed by atoms with Crippen molar-refractivity contribution in [2.45, 2.75) is 53.9 Å². The summed E-state index contributed by atoms with van der Waals surface area (Å²) >= 11 is 0. The molecule has 1 unspecified atom stereocenters. The lowest BCUT2D eigenvalue weighted by Gasteiger charge is -2.51. The average Bonchev–Trinajstić information content (AvgIpc) is 2.40. The van der Waals surface area contributed by atoms with Crippen molar-refractivity contribution in [3.63, 3.8) is 0 Å². The van der Waals surface area contributed by atoms with Gasteiger partial charge >= 0.3 is 0 Å².